The van der Waals surface area contributed by atoms with Crippen molar-refractivity contribution in [2.75, 3.05) is 6.54 Å². The summed E-state index contributed by atoms with van der Waals surface area (Å²) in [4.78, 5) is 0. The summed E-state index contributed by atoms with van der Waals surface area (Å²) >= 11 is 0. The molecule has 1 N–H and O–H groups in total. The van der Waals surface area contributed by atoms with Crippen LogP contribution in [0, 0.1) is 0 Å². The van der Waals surface area contributed by atoms with E-state index in [0.717, 1.165) is 6.04 Å². The summed E-state index contributed by atoms with van der Waals surface area (Å²) in [6, 6.07) is 1.41. The molecule has 0 aromatic rings. The van der Waals surface area contributed by atoms with Crippen molar-refractivity contribution in [1.29, 1.82) is 0 Å². The van der Waals surface area contributed by atoms with Crippen LogP contribution in [-0.4, -0.2) is 23.6 Å². The van der Waals surface area contributed by atoms with Gasteiger partial charge in [0.25, 0.3) is 0 Å². The van der Waals surface area contributed by atoms with E-state index in [1.165, 1.54) is 19.4 Å². The van der Waals surface area contributed by atoms with Crippen LogP contribution >= 0.6 is 0 Å². The van der Waals surface area contributed by atoms with Gasteiger partial charge < -0.3 is 0 Å². The molecule has 0 spiro atoms. The molecule has 2 nitrogen and oxygen atoms in total. The van der Waals surface area contributed by atoms with Crippen LogP contribution in [-0.2, 0) is 0 Å². The second kappa shape index (κ2) is 3.35. The highest BCUT2D eigenvalue weighted by Gasteiger charge is 2.23. The molecule has 1 fully saturated rings. The number of hydrogen-bond acceptors (Lipinski definition) is 2. The van der Waals surface area contributed by atoms with Gasteiger partial charge in [0.15, 0.2) is 0 Å². The minimum absolute atomic E-state index is 0.682. The zero-order valence-corrected chi connectivity index (χ0v) is 7.22. The van der Waals surface area contributed by atoms with Crippen molar-refractivity contribution in [3.8, 4) is 0 Å². The summed E-state index contributed by atoms with van der Waals surface area (Å²) in [6.07, 6.45) is 2.53. The van der Waals surface area contributed by atoms with Crippen molar-refractivity contribution in [3.05, 3.63) is 0 Å². The lowest BCUT2D eigenvalue weighted by Gasteiger charge is -2.19. The molecule has 1 rings (SSSR count). The van der Waals surface area contributed by atoms with Gasteiger partial charge in [-0.05, 0) is 26.7 Å². The Morgan fingerprint density at radius 3 is 2.60 bits per heavy atom. The quantitative estimate of drug-likeness (QED) is 0.626. The van der Waals surface area contributed by atoms with Crippen molar-refractivity contribution in [1.82, 2.24) is 10.4 Å². The van der Waals surface area contributed by atoms with Crippen LogP contribution in [0.3, 0.4) is 0 Å². The Kier molecular flexibility index (Phi) is 2.69. The van der Waals surface area contributed by atoms with E-state index in [4.69, 9.17) is 0 Å². The SMILES string of the molecule is CCCN1NC(C)CC1C. The van der Waals surface area contributed by atoms with Gasteiger partial charge in [-0.1, -0.05) is 6.92 Å². The van der Waals surface area contributed by atoms with Gasteiger partial charge in [0.2, 0.25) is 0 Å². The zero-order valence-electron chi connectivity index (χ0n) is 7.22. The lowest BCUT2D eigenvalue weighted by Crippen LogP contribution is -2.38. The Hall–Kier alpha value is -0.0800. The Morgan fingerprint density at radius 1 is 1.50 bits per heavy atom. The van der Waals surface area contributed by atoms with Crippen LogP contribution in [0.5, 0.6) is 0 Å². The van der Waals surface area contributed by atoms with Crippen molar-refractivity contribution < 1.29 is 0 Å². The Balaban J connectivity index is 2.31. The fraction of sp³-hybridized carbons (Fsp3) is 1.00. The molecule has 0 aromatic heterocycles. The van der Waals surface area contributed by atoms with Gasteiger partial charge in [0.05, 0.1) is 0 Å². The average Bonchev–Trinajstić information content (AvgIpc) is 2.13. The summed E-state index contributed by atoms with van der Waals surface area (Å²) in [7, 11) is 0. The van der Waals surface area contributed by atoms with Crippen molar-refractivity contribution in [3.63, 3.8) is 0 Å². The van der Waals surface area contributed by atoms with Gasteiger partial charge in [-0.15, -0.1) is 0 Å². The summed E-state index contributed by atoms with van der Waals surface area (Å²) in [6.45, 7) is 7.93. The third-order valence-electron chi connectivity index (χ3n) is 2.08. The van der Waals surface area contributed by atoms with Crippen LogP contribution in [0.15, 0.2) is 0 Å². The molecule has 1 saturated heterocycles. The molecule has 60 valence electrons. The van der Waals surface area contributed by atoms with E-state index in [1.54, 1.807) is 0 Å². The third-order valence-corrected chi connectivity index (χ3v) is 2.08. The Labute approximate surface area is 63.6 Å². The molecular weight excluding hydrogens is 124 g/mol. The molecule has 2 atom stereocenters. The maximum Gasteiger partial charge on any atom is 0.0230 e. The first kappa shape index (κ1) is 8.02. The van der Waals surface area contributed by atoms with Crippen molar-refractivity contribution in [2.24, 2.45) is 0 Å². The smallest absolute Gasteiger partial charge is 0.0230 e. The predicted octanol–water partition coefficient (Wildman–Crippen LogP) is 1.38. The molecule has 0 amide bonds. The largest absolute Gasteiger partial charge is 0.252 e. The fourth-order valence-corrected chi connectivity index (χ4v) is 1.63. The first-order valence-corrected chi connectivity index (χ1v) is 4.27. The van der Waals surface area contributed by atoms with Gasteiger partial charge in [0, 0.05) is 18.6 Å². The summed E-state index contributed by atoms with van der Waals surface area (Å²) in [5.74, 6) is 0. The van der Waals surface area contributed by atoms with Gasteiger partial charge in [-0.3, -0.25) is 5.43 Å². The zero-order chi connectivity index (χ0) is 7.56. The molecule has 10 heavy (non-hydrogen) atoms. The average molecular weight is 142 g/mol. The summed E-state index contributed by atoms with van der Waals surface area (Å²) in [5.41, 5.74) is 3.44. The number of nitrogens with zero attached hydrogens (tertiary/aromatic N) is 1. The summed E-state index contributed by atoms with van der Waals surface area (Å²) < 4.78 is 0. The number of rotatable bonds is 2. The van der Waals surface area contributed by atoms with Gasteiger partial charge in [-0.25, -0.2) is 5.01 Å². The maximum absolute atomic E-state index is 3.44. The Morgan fingerprint density at radius 2 is 2.20 bits per heavy atom. The second-order valence-corrected chi connectivity index (χ2v) is 3.31. The van der Waals surface area contributed by atoms with E-state index in [2.05, 4.69) is 31.2 Å². The van der Waals surface area contributed by atoms with Gasteiger partial charge in [-0.2, -0.15) is 0 Å². The van der Waals surface area contributed by atoms with E-state index in [9.17, 15) is 0 Å². The highest BCUT2D eigenvalue weighted by atomic mass is 15.5. The van der Waals surface area contributed by atoms with Crippen LogP contribution in [0.2, 0.25) is 0 Å². The molecule has 2 unspecified atom stereocenters. The van der Waals surface area contributed by atoms with E-state index in [0.29, 0.717) is 6.04 Å². The van der Waals surface area contributed by atoms with Gasteiger partial charge in [0.1, 0.15) is 0 Å². The minimum atomic E-state index is 0.682. The predicted molar refractivity (Wildman–Crippen MR) is 43.7 cm³/mol. The Bertz CT molecular complexity index is 103. The van der Waals surface area contributed by atoms with Crippen LogP contribution in [0.4, 0.5) is 0 Å². The lowest BCUT2D eigenvalue weighted by molar-refractivity contribution is 0.190. The first-order valence-electron chi connectivity index (χ1n) is 4.27. The number of nitrogens with one attached hydrogen (secondary N) is 1. The standard InChI is InChI=1S/C8H18N2/c1-4-5-10-8(3)6-7(2)9-10/h7-9H,4-6H2,1-3H3. The molecule has 1 aliphatic heterocycles. The van der Waals surface area contributed by atoms with E-state index in [-0.39, 0.29) is 0 Å². The fourth-order valence-electron chi connectivity index (χ4n) is 1.63. The summed E-state index contributed by atoms with van der Waals surface area (Å²) in [5, 5.41) is 2.35. The molecule has 0 radical (unpaired) electrons. The molecule has 1 aliphatic rings. The lowest BCUT2D eigenvalue weighted by atomic mass is 10.2. The van der Waals surface area contributed by atoms with E-state index in [1.807, 2.05) is 0 Å². The maximum atomic E-state index is 3.44. The normalized spacial score (nSPS) is 35.1. The van der Waals surface area contributed by atoms with E-state index < -0.39 is 0 Å². The number of hydrazine groups is 1. The van der Waals surface area contributed by atoms with E-state index >= 15 is 0 Å². The molecule has 0 saturated carbocycles. The van der Waals surface area contributed by atoms with Crippen molar-refractivity contribution >= 4 is 0 Å². The second-order valence-electron chi connectivity index (χ2n) is 3.31. The molecule has 2 heteroatoms. The van der Waals surface area contributed by atoms with Crippen LogP contribution in [0.1, 0.15) is 33.6 Å². The van der Waals surface area contributed by atoms with Crippen molar-refractivity contribution in [2.45, 2.75) is 45.7 Å². The highest BCUT2D eigenvalue weighted by Crippen LogP contribution is 2.13. The highest BCUT2D eigenvalue weighted by molar-refractivity contribution is 4.77. The molecule has 0 bridgehead atoms. The molecule has 1 heterocycles. The van der Waals surface area contributed by atoms with Crippen LogP contribution in [0.25, 0.3) is 0 Å². The molecule has 0 aliphatic carbocycles. The topological polar surface area (TPSA) is 15.3 Å². The van der Waals surface area contributed by atoms with Gasteiger partial charge >= 0.3 is 0 Å². The third kappa shape index (κ3) is 1.70. The monoisotopic (exact) mass is 142 g/mol. The first-order chi connectivity index (χ1) is 4.74. The minimum Gasteiger partial charge on any atom is -0.252 e. The van der Waals surface area contributed by atoms with Crippen LogP contribution < -0.4 is 5.43 Å². The molecule has 0 aromatic carbocycles. The number of hydrogen-bond donors (Lipinski definition) is 1. The molecular formula is C8H18N2.